The number of amides is 1. The molecule has 0 aromatic heterocycles. The first-order valence-corrected chi connectivity index (χ1v) is 6.03. The Morgan fingerprint density at radius 1 is 1.41 bits per heavy atom. The summed E-state index contributed by atoms with van der Waals surface area (Å²) in [6.45, 7) is 10.3. The molecule has 1 aromatic rings. The van der Waals surface area contributed by atoms with Gasteiger partial charge in [0, 0.05) is 17.0 Å². The van der Waals surface area contributed by atoms with E-state index in [-0.39, 0.29) is 11.4 Å². The highest BCUT2D eigenvalue weighted by atomic mass is 32.1. The molecule has 0 saturated heterocycles. The zero-order valence-electron chi connectivity index (χ0n) is 10.6. The van der Waals surface area contributed by atoms with Crippen molar-refractivity contribution in [3.63, 3.8) is 0 Å². The number of rotatable bonds is 3. The molecule has 0 saturated carbocycles. The fourth-order valence-corrected chi connectivity index (χ4v) is 1.85. The molecule has 0 N–H and O–H groups in total. The average molecular weight is 249 g/mol. The number of carbonyl (C=O) groups is 1. The van der Waals surface area contributed by atoms with Crippen LogP contribution in [0.5, 0.6) is 0 Å². The number of hydrogen-bond acceptors (Lipinski definition) is 2. The molecule has 17 heavy (non-hydrogen) atoms. The zero-order valence-corrected chi connectivity index (χ0v) is 11.5. The van der Waals surface area contributed by atoms with E-state index in [0.717, 1.165) is 0 Å². The van der Waals surface area contributed by atoms with E-state index < -0.39 is 0 Å². The van der Waals surface area contributed by atoms with E-state index in [1.807, 2.05) is 39.0 Å². The summed E-state index contributed by atoms with van der Waals surface area (Å²) < 4.78 is 0. The molecule has 0 unspecified atom stereocenters. The van der Waals surface area contributed by atoms with Crippen molar-refractivity contribution in [1.82, 2.24) is 4.90 Å². The van der Waals surface area contributed by atoms with Crippen LogP contribution < -0.4 is 0 Å². The number of nitrogens with zero attached hydrogens (tertiary/aromatic N) is 1. The van der Waals surface area contributed by atoms with Crippen molar-refractivity contribution in [2.24, 2.45) is 0 Å². The Labute approximate surface area is 109 Å². The van der Waals surface area contributed by atoms with E-state index in [9.17, 15) is 4.79 Å². The standard InChI is InChI=1S/C14H19NOS/c1-5-10-15(14(2,3)4)13(16)11-8-6-7-9-12(11)17/h5-9,17H,1,10H2,2-4H3. The summed E-state index contributed by atoms with van der Waals surface area (Å²) in [6.07, 6.45) is 1.74. The van der Waals surface area contributed by atoms with Gasteiger partial charge < -0.3 is 4.90 Å². The second kappa shape index (κ2) is 5.41. The van der Waals surface area contributed by atoms with Crippen LogP contribution in [0.4, 0.5) is 0 Å². The fourth-order valence-electron chi connectivity index (χ4n) is 1.59. The van der Waals surface area contributed by atoms with Crippen molar-refractivity contribution in [1.29, 1.82) is 0 Å². The van der Waals surface area contributed by atoms with Crippen LogP contribution in [0.1, 0.15) is 31.1 Å². The third-order valence-corrected chi connectivity index (χ3v) is 2.89. The van der Waals surface area contributed by atoms with Crippen molar-refractivity contribution in [2.45, 2.75) is 31.2 Å². The average Bonchev–Trinajstić information content (AvgIpc) is 2.24. The summed E-state index contributed by atoms with van der Waals surface area (Å²) in [6, 6.07) is 7.34. The second-order valence-electron chi connectivity index (χ2n) is 4.89. The van der Waals surface area contributed by atoms with Gasteiger partial charge in [-0.1, -0.05) is 18.2 Å². The topological polar surface area (TPSA) is 20.3 Å². The molecule has 2 nitrogen and oxygen atoms in total. The third-order valence-electron chi connectivity index (χ3n) is 2.50. The van der Waals surface area contributed by atoms with Crippen molar-refractivity contribution in [2.75, 3.05) is 6.54 Å². The molecule has 3 heteroatoms. The van der Waals surface area contributed by atoms with Gasteiger partial charge in [0.05, 0.1) is 5.56 Å². The highest BCUT2D eigenvalue weighted by Gasteiger charge is 2.26. The highest BCUT2D eigenvalue weighted by molar-refractivity contribution is 7.80. The van der Waals surface area contributed by atoms with Crippen LogP contribution in [0.15, 0.2) is 41.8 Å². The van der Waals surface area contributed by atoms with Gasteiger partial charge in [-0.15, -0.1) is 19.2 Å². The summed E-state index contributed by atoms with van der Waals surface area (Å²) in [5.74, 6) is -0.0111. The van der Waals surface area contributed by atoms with Gasteiger partial charge >= 0.3 is 0 Å². The fraction of sp³-hybridized carbons (Fsp3) is 0.357. The molecule has 0 aliphatic rings. The molecular formula is C14H19NOS. The van der Waals surface area contributed by atoms with Gasteiger partial charge in [-0.05, 0) is 32.9 Å². The monoisotopic (exact) mass is 249 g/mol. The lowest BCUT2D eigenvalue weighted by Crippen LogP contribution is -2.45. The molecule has 0 atom stereocenters. The van der Waals surface area contributed by atoms with Crippen molar-refractivity contribution >= 4 is 18.5 Å². The van der Waals surface area contributed by atoms with Gasteiger partial charge in [-0.25, -0.2) is 0 Å². The highest BCUT2D eigenvalue weighted by Crippen LogP contribution is 2.21. The van der Waals surface area contributed by atoms with Crippen molar-refractivity contribution in [3.05, 3.63) is 42.5 Å². The van der Waals surface area contributed by atoms with Crippen LogP contribution in [-0.4, -0.2) is 22.9 Å². The van der Waals surface area contributed by atoms with Gasteiger partial charge in [0.1, 0.15) is 0 Å². The van der Waals surface area contributed by atoms with Gasteiger partial charge in [-0.3, -0.25) is 4.79 Å². The van der Waals surface area contributed by atoms with Crippen molar-refractivity contribution < 1.29 is 4.79 Å². The maximum absolute atomic E-state index is 12.4. The maximum atomic E-state index is 12.4. The Kier molecular flexibility index (Phi) is 4.40. The van der Waals surface area contributed by atoms with Gasteiger partial charge in [-0.2, -0.15) is 0 Å². The molecular weight excluding hydrogens is 230 g/mol. The minimum atomic E-state index is -0.235. The molecule has 0 radical (unpaired) electrons. The molecule has 0 spiro atoms. The quantitative estimate of drug-likeness (QED) is 0.643. The first-order valence-electron chi connectivity index (χ1n) is 5.59. The SMILES string of the molecule is C=CCN(C(=O)c1ccccc1S)C(C)(C)C. The molecule has 92 valence electrons. The Bertz CT molecular complexity index is 420. The molecule has 0 bridgehead atoms. The largest absolute Gasteiger partial charge is 0.330 e. The van der Waals surface area contributed by atoms with E-state index in [1.54, 1.807) is 17.0 Å². The zero-order chi connectivity index (χ0) is 13.1. The molecule has 0 heterocycles. The lowest BCUT2D eigenvalue weighted by Gasteiger charge is -2.35. The molecule has 1 amide bonds. The molecule has 1 aromatic carbocycles. The van der Waals surface area contributed by atoms with Crippen LogP contribution in [0, 0.1) is 0 Å². The van der Waals surface area contributed by atoms with Crippen LogP contribution in [-0.2, 0) is 0 Å². The van der Waals surface area contributed by atoms with E-state index >= 15 is 0 Å². The predicted octanol–water partition coefficient (Wildman–Crippen LogP) is 3.40. The smallest absolute Gasteiger partial charge is 0.255 e. The van der Waals surface area contributed by atoms with Gasteiger partial charge in [0.25, 0.3) is 5.91 Å². The minimum Gasteiger partial charge on any atom is -0.330 e. The lowest BCUT2D eigenvalue weighted by molar-refractivity contribution is 0.0613. The van der Waals surface area contributed by atoms with Crippen LogP contribution >= 0.6 is 12.6 Å². The van der Waals surface area contributed by atoms with E-state index in [0.29, 0.717) is 17.0 Å². The third kappa shape index (κ3) is 3.37. The molecule has 0 aliphatic heterocycles. The molecule has 0 aliphatic carbocycles. The van der Waals surface area contributed by atoms with Gasteiger partial charge in [0.2, 0.25) is 0 Å². The summed E-state index contributed by atoms with van der Waals surface area (Å²) in [4.78, 5) is 14.9. The number of thiol groups is 1. The summed E-state index contributed by atoms with van der Waals surface area (Å²) in [5.41, 5.74) is 0.397. The Morgan fingerprint density at radius 3 is 2.47 bits per heavy atom. The number of benzene rings is 1. The molecule has 0 fully saturated rings. The van der Waals surface area contributed by atoms with E-state index in [1.165, 1.54) is 0 Å². The summed E-state index contributed by atoms with van der Waals surface area (Å²) in [7, 11) is 0. The van der Waals surface area contributed by atoms with Crippen LogP contribution in [0.2, 0.25) is 0 Å². The first-order chi connectivity index (χ1) is 7.88. The Morgan fingerprint density at radius 2 is 2.00 bits per heavy atom. The van der Waals surface area contributed by atoms with E-state index in [4.69, 9.17) is 0 Å². The second-order valence-corrected chi connectivity index (χ2v) is 5.37. The van der Waals surface area contributed by atoms with Gasteiger partial charge in [0.15, 0.2) is 0 Å². The number of hydrogen-bond donors (Lipinski definition) is 1. The first kappa shape index (κ1) is 13.8. The van der Waals surface area contributed by atoms with Crippen LogP contribution in [0.3, 0.4) is 0 Å². The summed E-state index contributed by atoms with van der Waals surface area (Å²) in [5, 5.41) is 0. The van der Waals surface area contributed by atoms with E-state index in [2.05, 4.69) is 19.2 Å². The number of carbonyl (C=O) groups excluding carboxylic acids is 1. The lowest BCUT2D eigenvalue weighted by atomic mass is 10.0. The minimum absolute atomic E-state index is 0.0111. The normalized spacial score (nSPS) is 11.1. The molecule has 1 rings (SSSR count). The Balaban J connectivity index is 3.09. The summed E-state index contributed by atoms with van der Waals surface area (Å²) >= 11 is 4.32. The maximum Gasteiger partial charge on any atom is 0.255 e. The Hall–Kier alpha value is -1.22. The predicted molar refractivity (Wildman–Crippen MR) is 74.7 cm³/mol. The van der Waals surface area contributed by atoms with Crippen molar-refractivity contribution in [3.8, 4) is 0 Å². The van der Waals surface area contributed by atoms with Crippen LogP contribution in [0.25, 0.3) is 0 Å².